The van der Waals surface area contributed by atoms with Gasteiger partial charge in [0.1, 0.15) is 11.8 Å². The molecule has 9 heteroatoms. The van der Waals surface area contributed by atoms with Crippen molar-refractivity contribution in [2.24, 2.45) is 0 Å². The first-order valence-electron chi connectivity index (χ1n) is 7.56. The van der Waals surface area contributed by atoms with Gasteiger partial charge in [-0.2, -0.15) is 13.2 Å². The van der Waals surface area contributed by atoms with E-state index in [9.17, 15) is 18.0 Å². The quantitative estimate of drug-likeness (QED) is 0.887. The number of ether oxygens (including phenoxy) is 1. The number of alkyl halides is 3. The SMILES string of the molecule is O=C(Nc1ccc([C@H]2CNCCO2)nc1)c1ccnc(C(F)(F)F)c1. The second-order valence-corrected chi connectivity index (χ2v) is 5.42. The molecule has 3 heterocycles. The molecule has 25 heavy (non-hydrogen) atoms. The van der Waals surface area contributed by atoms with Crippen LogP contribution in [0.15, 0.2) is 36.7 Å². The van der Waals surface area contributed by atoms with Gasteiger partial charge in [0, 0.05) is 24.8 Å². The number of rotatable bonds is 3. The number of hydrogen-bond donors (Lipinski definition) is 2. The van der Waals surface area contributed by atoms with E-state index in [1.54, 1.807) is 12.1 Å². The minimum absolute atomic E-state index is 0.133. The number of amides is 1. The maximum Gasteiger partial charge on any atom is 0.433 e. The van der Waals surface area contributed by atoms with Crippen molar-refractivity contribution >= 4 is 11.6 Å². The minimum atomic E-state index is -4.60. The third kappa shape index (κ3) is 4.31. The van der Waals surface area contributed by atoms with Gasteiger partial charge in [-0.25, -0.2) is 0 Å². The van der Waals surface area contributed by atoms with Gasteiger partial charge in [0.2, 0.25) is 0 Å². The molecule has 1 atom stereocenters. The molecule has 6 nitrogen and oxygen atoms in total. The van der Waals surface area contributed by atoms with Gasteiger partial charge < -0.3 is 15.4 Å². The number of pyridine rings is 2. The van der Waals surface area contributed by atoms with Gasteiger partial charge >= 0.3 is 6.18 Å². The number of carbonyl (C=O) groups excluding carboxylic acids is 1. The van der Waals surface area contributed by atoms with E-state index in [4.69, 9.17) is 4.74 Å². The van der Waals surface area contributed by atoms with Gasteiger partial charge in [0.05, 0.1) is 24.2 Å². The summed E-state index contributed by atoms with van der Waals surface area (Å²) in [7, 11) is 0. The third-order valence-corrected chi connectivity index (χ3v) is 3.61. The summed E-state index contributed by atoms with van der Waals surface area (Å²) in [4.78, 5) is 19.6. The van der Waals surface area contributed by atoms with Gasteiger partial charge in [-0.1, -0.05) is 0 Å². The molecule has 0 spiro atoms. The summed E-state index contributed by atoms with van der Waals surface area (Å²) in [5.74, 6) is -0.668. The monoisotopic (exact) mass is 352 g/mol. The number of aromatic nitrogens is 2. The van der Waals surface area contributed by atoms with Crippen LogP contribution in [0.2, 0.25) is 0 Å². The Bertz CT molecular complexity index is 744. The molecular formula is C16H15F3N4O2. The van der Waals surface area contributed by atoms with Crippen LogP contribution in [0, 0.1) is 0 Å². The normalized spacial score (nSPS) is 18.0. The Morgan fingerprint density at radius 1 is 1.28 bits per heavy atom. The molecule has 1 amide bonds. The standard InChI is InChI=1S/C16H15F3N4O2/c17-16(18,19)14-7-10(3-4-21-14)15(24)23-11-1-2-12(22-8-11)13-9-20-5-6-25-13/h1-4,7-8,13,20H,5-6,9H2,(H,23,24)/t13-/m1/s1. The van der Waals surface area contributed by atoms with Crippen molar-refractivity contribution in [2.75, 3.05) is 25.0 Å². The summed E-state index contributed by atoms with van der Waals surface area (Å²) in [5.41, 5.74) is -0.154. The molecule has 1 fully saturated rings. The topological polar surface area (TPSA) is 76.1 Å². The van der Waals surface area contributed by atoms with E-state index in [2.05, 4.69) is 20.6 Å². The van der Waals surface area contributed by atoms with E-state index in [0.717, 1.165) is 12.7 Å². The first-order valence-corrected chi connectivity index (χ1v) is 7.56. The number of carbonyl (C=O) groups is 1. The lowest BCUT2D eigenvalue weighted by atomic mass is 10.2. The Hall–Kier alpha value is -2.52. The smallest absolute Gasteiger partial charge is 0.369 e. The fourth-order valence-electron chi connectivity index (χ4n) is 2.36. The van der Waals surface area contributed by atoms with Gasteiger partial charge in [0.15, 0.2) is 0 Å². The molecule has 1 aliphatic heterocycles. The average Bonchev–Trinajstić information content (AvgIpc) is 2.62. The largest absolute Gasteiger partial charge is 0.433 e. The Morgan fingerprint density at radius 3 is 2.76 bits per heavy atom. The predicted octanol–water partition coefficient (Wildman–Crippen LogP) is 2.41. The highest BCUT2D eigenvalue weighted by atomic mass is 19.4. The highest BCUT2D eigenvalue weighted by Crippen LogP contribution is 2.28. The minimum Gasteiger partial charge on any atom is -0.369 e. The number of morpholine rings is 1. The van der Waals surface area contributed by atoms with Crippen LogP contribution in [-0.2, 0) is 10.9 Å². The van der Waals surface area contributed by atoms with Gasteiger partial charge in [-0.15, -0.1) is 0 Å². The van der Waals surface area contributed by atoms with Crippen molar-refractivity contribution < 1.29 is 22.7 Å². The lowest BCUT2D eigenvalue weighted by Crippen LogP contribution is -2.33. The summed E-state index contributed by atoms with van der Waals surface area (Å²) >= 11 is 0. The van der Waals surface area contributed by atoms with Gasteiger partial charge in [-0.3, -0.25) is 14.8 Å². The fourth-order valence-corrected chi connectivity index (χ4v) is 2.36. The summed E-state index contributed by atoms with van der Waals surface area (Å²) < 4.78 is 43.5. The van der Waals surface area contributed by atoms with Crippen molar-refractivity contribution in [1.82, 2.24) is 15.3 Å². The van der Waals surface area contributed by atoms with E-state index < -0.39 is 17.8 Å². The number of anilines is 1. The Labute approximate surface area is 141 Å². The summed E-state index contributed by atoms with van der Waals surface area (Å²) in [5, 5.41) is 5.70. The molecule has 2 aromatic rings. The van der Waals surface area contributed by atoms with Crippen LogP contribution in [0.1, 0.15) is 27.8 Å². The van der Waals surface area contributed by atoms with E-state index in [1.807, 2.05) is 0 Å². The molecule has 0 aliphatic carbocycles. The van der Waals surface area contributed by atoms with E-state index in [1.165, 1.54) is 12.3 Å². The molecule has 0 bridgehead atoms. The lowest BCUT2D eigenvalue weighted by molar-refractivity contribution is -0.141. The van der Waals surface area contributed by atoms with Crippen molar-refractivity contribution in [2.45, 2.75) is 12.3 Å². The maximum absolute atomic E-state index is 12.7. The fraction of sp³-hybridized carbons (Fsp3) is 0.312. The molecule has 1 aliphatic rings. The Morgan fingerprint density at radius 2 is 2.12 bits per heavy atom. The molecule has 1 saturated heterocycles. The molecule has 2 aromatic heterocycles. The zero-order valence-corrected chi connectivity index (χ0v) is 13.0. The van der Waals surface area contributed by atoms with Crippen LogP contribution in [0.4, 0.5) is 18.9 Å². The number of halogens is 3. The molecule has 0 radical (unpaired) electrons. The number of hydrogen-bond acceptors (Lipinski definition) is 5. The van der Waals surface area contributed by atoms with Crippen LogP contribution in [0.25, 0.3) is 0 Å². The molecule has 0 unspecified atom stereocenters. The van der Waals surface area contributed by atoms with Crippen LogP contribution >= 0.6 is 0 Å². The highest BCUT2D eigenvalue weighted by Gasteiger charge is 2.33. The number of nitrogens with one attached hydrogen (secondary N) is 2. The average molecular weight is 352 g/mol. The zero-order chi connectivity index (χ0) is 17.9. The Kier molecular flexibility index (Phi) is 4.95. The van der Waals surface area contributed by atoms with Gasteiger partial charge in [0.25, 0.3) is 5.91 Å². The van der Waals surface area contributed by atoms with Crippen LogP contribution in [-0.4, -0.2) is 35.6 Å². The molecule has 3 rings (SSSR count). The number of nitrogens with zero attached hydrogens (tertiary/aromatic N) is 2. The summed E-state index contributed by atoms with van der Waals surface area (Å²) in [6, 6.07) is 5.26. The molecule has 0 saturated carbocycles. The molecule has 0 aromatic carbocycles. The van der Waals surface area contributed by atoms with Gasteiger partial charge in [-0.05, 0) is 24.3 Å². The summed E-state index contributed by atoms with van der Waals surface area (Å²) in [6.07, 6.45) is -2.37. The lowest BCUT2D eigenvalue weighted by Gasteiger charge is -2.23. The van der Waals surface area contributed by atoms with Crippen molar-refractivity contribution in [3.05, 3.63) is 53.6 Å². The first kappa shape index (κ1) is 17.3. The van der Waals surface area contributed by atoms with Crippen molar-refractivity contribution in [3.63, 3.8) is 0 Å². The maximum atomic E-state index is 12.7. The Balaban J connectivity index is 1.68. The van der Waals surface area contributed by atoms with Crippen molar-refractivity contribution in [1.29, 1.82) is 0 Å². The summed E-state index contributed by atoms with van der Waals surface area (Å²) in [6.45, 7) is 2.03. The molecule has 132 valence electrons. The van der Waals surface area contributed by atoms with Crippen molar-refractivity contribution in [3.8, 4) is 0 Å². The third-order valence-electron chi connectivity index (χ3n) is 3.61. The van der Waals surface area contributed by atoms with E-state index >= 15 is 0 Å². The highest BCUT2D eigenvalue weighted by molar-refractivity contribution is 6.04. The van der Waals surface area contributed by atoms with Crippen LogP contribution in [0.5, 0.6) is 0 Å². The molecule has 2 N–H and O–H groups in total. The van der Waals surface area contributed by atoms with Crippen LogP contribution < -0.4 is 10.6 Å². The zero-order valence-electron chi connectivity index (χ0n) is 13.0. The predicted molar refractivity (Wildman–Crippen MR) is 83.0 cm³/mol. The second kappa shape index (κ2) is 7.16. The van der Waals surface area contributed by atoms with Crippen LogP contribution in [0.3, 0.4) is 0 Å². The molecular weight excluding hydrogens is 337 g/mol. The second-order valence-electron chi connectivity index (χ2n) is 5.42. The van der Waals surface area contributed by atoms with E-state index in [0.29, 0.717) is 30.6 Å². The van der Waals surface area contributed by atoms with E-state index in [-0.39, 0.29) is 11.7 Å². The first-order chi connectivity index (χ1) is 11.9.